The fourth-order valence-corrected chi connectivity index (χ4v) is 3.51. The van der Waals surface area contributed by atoms with Crippen LogP contribution in [0.1, 0.15) is 31.9 Å². The lowest BCUT2D eigenvalue weighted by Crippen LogP contribution is -2.47. The molecule has 1 aliphatic heterocycles. The normalized spacial score (nSPS) is 17.5. The standard InChI is InChI=1S/C16H22FN3O2S.ClH/c1-9(2)14(18)16(22)19-8-13(21)20-12-6-7-23-15-10(12)4-3-5-11(15)17;/h3-5,9,12,14H,6-8,18H2,1-2H3,(H,19,22)(H,20,21);1H/t12?,14-;/m0./s1. The van der Waals surface area contributed by atoms with Crippen molar-refractivity contribution in [3.8, 4) is 0 Å². The number of amides is 2. The van der Waals surface area contributed by atoms with Gasteiger partial charge in [0.1, 0.15) is 5.82 Å². The molecule has 2 rings (SSSR count). The molecule has 0 bridgehead atoms. The lowest BCUT2D eigenvalue weighted by molar-refractivity contribution is -0.127. The maximum absolute atomic E-state index is 13.8. The Morgan fingerprint density at radius 1 is 1.42 bits per heavy atom. The molecule has 1 aliphatic rings. The Hall–Kier alpha value is -1.31. The molecule has 0 aromatic heterocycles. The van der Waals surface area contributed by atoms with E-state index in [0.29, 0.717) is 4.90 Å². The SMILES string of the molecule is CC(C)[C@H](N)C(=O)NCC(=O)NC1CCSc2c(F)cccc21.Cl. The van der Waals surface area contributed by atoms with Crippen molar-refractivity contribution >= 4 is 36.0 Å². The van der Waals surface area contributed by atoms with Crippen LogP contribution in [0.2, 0.25) is 0 Å². The fourth-order valence-electron chi connectivity index (χ4n) is 2.37. The van der Waals surface area contributed by atoms with E-state index in [9.17, 15) is 14.0 Å². The number of benzene rings is 1. The molecule has 1 aromatic carbocycles. The van der Waals surface area contributed by atoms with Gasteiger partial charge in [0, 0.05) is 10.6 Å². The number of fused-ring (bicyclic) bond motifs is 1. The van der Waals surface area contributed by atoms with E-state index in [2.05, 4.69) is 10.6 Å². The first-order valence-electron chi connectivity index (χ1n) is 7.64. The summed E-state index contributed by atoms with van der Waals surface area (Å²) < 4.78 is 13.8. The smallest absolute Gasteiger partial charge is 0.239 e. The Morgan fingerprint density at radius 3 is 2.79 bits per heavy atom. The molecule has 0 fully saturated rings. The highest BCUT2D eigenvalue weighted by Crippen LogP contribution is 2.37. The van der Waals surface area contributed by atoms with Gasteiger partial charge in [0.2, 0.25) is 11.8 Å². The van der Waals surface area contributed by atoms with E-state index in [0.717, 1.165) is 17.7 Å². The summed E-state index contributed by atoms with van der Waals surface area (Å²) in [6, 6.07) is 4.02. The number of rotatable bonds is 5. The van der Waals surface area contributed by atoms with Crippen LogP contribution in [0.4, 0.5) is 4.39 Å². The zero-order valence-electron chi connectivity index (χ0n) is 13.7. The number of nitrogens with one attached hydrogen (secondary N) is 2. The quantitative estimate of drug-likeness (QED) is 0.735. The van der Waals surface area contributed by atoms with Gasteiger partial charge in [-0.2, -0.15) is 0 Å². The van der Waals surface area contributed by atoms with Crippen LogP contribution in [-0.4, -0.2) is 30.2 Å². The van der Waals surface area contributed by atoms with Crippen molar-refractivity contribution < 1.29 is 14.0 Å². The molecule has 0 spiro atoms. The van der Waals surface area contributed by atoms with E-state index < -0.39 is 6.04 Å². The number of halogens is 2. The van der Waals surface area contributed by atoms with Gasteiger partial charge in [0.15, 0.2) is 0 Å². The largest absolute Gasteiger partial charge is 0.348 e. The average Bonchev–Trinajstić information content (AvgIpc) is 2.52. The van der Waals surface area contributed by atoms with E-state index >= 15 is 0 Å². The topological polar surface area (TPSA) is 84.2 Å². The fraction of sp³-hybridized carbons (Fsp3) is 0.500. The van der Waals surface area contributed by atoms with Crippen LogP contribution in [0.5, 0.6) is 0 Å². The predicted molar refractivity (Wildman–Crippen MR) is 95.7 cm³/mol. The Labute approximate surface area is 151 Å². The highest BCUT2D eigenvalue weighted by atomic mass is 35.5. The van der Waals surface area contributed by atoms with E-state index in [1.54, 1.807) is 6.07 Å². The van der Waals surface area contributed by atoms with Gasteiger partial charge in [-0.05, 0) is 24.0 Å². The molecule has 4 N–H and O–H groups in total. The molecule has 0 saturated heterocycles. The summed E-state index contributed by atoms with van der Waals surface area (Å²) in [4.78, 5) is 24.4. The minimum Gasteiger partial charge on any atom is -0.348 e. The van der Waals surface area contributed by atoms with Gasteiger partial charge in [0.05, 0.1) is 18.6 Å². The van der Waals surface area contributed by atoms with Crippen LogP contribution >= 0.6 is 24.2 Å². The van der Waals surface area contributed by atoms with E-state index in [4.69, 9.17) is 5.73 Å². The van der Waals surface area contributed by atoms with Crippen molar-refractivity contribution in [1.82, 2.24) is 10.6 Å². The lowest BCUT2D eigenvalue weighted by Gasteiger charge is -2.26. The average molecular weight is 376 g/mol. The summed E-state index contributed by atoms with van der Waals surface area (Å²) in [5.74, 6) is -0.170. The van der Waals surface area contributed by atoms with E-state index in [1.165, 1.54) is 17.8 Å². The van der Waals surface area contributed by atoms with Crippen molar-refractivity contribution in [2.24, 2.45) is 11.7 Å². The molecule has 2 atom stereocenters. The zero-order valence-corrected chi connectivity index (χ0v) is 15.3. The number of hydrogen-bond donors (Lipinski definition) is 3. The van der Waals surface area contributed by atoms with Crippen LogP contribution in [0, 0.1) is 11.7 Å². The van der Waals surface area contributed by atoms with Crippen LogP contribution in [0.15, 0.2) is 23.1 Å². The van der Waals surface area contributed by atoms with Gasteiger partial charge < -0.3 is 16.4 Å². The van der Waals surface area contributed by atoms with Gasteiger partial charge in [-0.1, -0.05) is 26.0 Å². The Balaban J connectivity index is 0.00000288. The summed E-state index contributed by atoms with van der Waals surface area (Å²) in [7, 11) is 0. The third kappa shape index (κ3) is 5.09. The van der Waals surface area contributed by atoms with Gasteiger partial charge in [-0.15, -0.1) is 24.2 Å². The molecule has 0 saturated carbocycles. The van der Waals surface area contributed by atoms with Gasteiger partial charge >= 0.3 is 0 Å². The molecular formula is C16H23ClFN3O2S. The monoisotopic (exact) mass is 375 g/mol. The second-order valence-electron chi connectivity index (χ2n) is 5.90. The maximum atomic E-state index is 13.8. The minimum absolute atomic E-state index is 0. The third-order valence-electron chi connectivity index (χ3n) is 3.81. The second-order valence-corrected chi connectivity index (χ2v) is 7.01. The van der Waals surface area contributed by atoms with E-state index in [1.807, 2.05) is 19.9 Å². The molecule has 8 heteroatoms. The van der Waals surface area contributed by atoms with Crippen LogP contribution in [0.3, 0.4) is 0 Å². The summed E-state index contributed by atoms with van der Waals surface area (Å²) in [6.07, 6.45) is 0.728. The minimum atomic E-state index is -0.635. The third-order valence-corrected chi connectivity index (χ3v) is 4.96. The Kier molecular flexibility index (Phi) is 7.99. The van der Waals surface area contributed by atoms with Crippen molar-refractivity contribution in [3.63, 3.8) is 0 Å². The van der Waals surface area contributed by atoms with Gasteiger partial charge in [-0.3, -0.25) is 9.59 Å². The first-order chi connectivity index (χ1) is 10.9. The van der Waals surface area contributed by atoms with Crippen LogP contribution in [-0.2, 0) is 9.59 Å². The van der Waals surface area contributed by atoms with Crippen molar-refractivity contribution in [1.29, 1.82) is 0 Å². The van der Waals surface area contributed by atoms with Crippen molar-refractivity contribution in [3.05, 3.63) is 29.6 Å². The molecule has 2 amide bonds. The number of thioether (sulfide) groups is 1. The van der Waals surface area contributed by atoms with E-state index in [-0.39, 0.29) is 48.5 Å². The Bertz CT molecular complexity index is 601. The first-order valence-corrected chi connectivity index (χ1v) is 8.62. The molecular weight excluding hydrogens is 353 g/mol. The number of carbonyl (C=O) groups excluding carboxylic acids is 2. The zero-order chi connectivity index (χ0) is 17.0. The number of carbonyl (C=O) groups is 2. The highest BCUT2D eigenvalue weighted by molar-refractivity contribution is 7.99. The number of nitrogens with two attached hydrogens (primary N) is 1. The molecule has 24 heavy (non-hydrogen) atoms. The molecule has 1 aromatic rings. The second kappa shape index (κ2) is 9.25. The molecule has 5 nitrogen and oxygen atoms in total. The summed E-state index contributed by atoms with van der Waals surface area (Å²) >= 11 is 1.46. The van der Waals surface area contributed by atoms with Gasteiger partial charge in [0.25, 0.3) is 0 Å². The summed E-state index contributed by atoms with van der Waals surface area (Å²) in [5.41, 5.74) is 6.51. The molecule has 1 heterocycles. The maximum Gasteiger partial charge on any atom is 0.239 e. The van der Waals surface area contributed by atoms with Gasteiger partial charge in [-0.25, -0.2) is 4.39 Å². The van der Waals surface area contributed by atoms with Crippen molar-refractivity contribution in [2.45, 2.75) is 37.2 Å². The van der Waals surface area contributed by atoms with Crippen molar-refractivity contribution in [2.75, 3.05) is 12.3 Å². The first kappa shape index (κ1) is 20.7. The highest BCUT2D eigenvalue weighted by Gasteiger charge is 2.25. The van der Waals surface area contributed by atoms with Crippen LogP contribution in [0.25, 0.3) is 0 Å². The number of hydrogen-bond acceptors (Lipinski definition) is 4. The summed E-state index contributed by atoms with van der Waals surface area (Å²) in [5, 5.41) is 5.38. The molecule has 0 radical (unpaired) electrons. The predicted octanol–water partition coefficient (Wildman–Crippen LogP) is 2.00. The molecule has 0 aliphatic carbocycles. The van der Waals surface area contributed by atoms with Crippen LogP contribution < -0.4 is 16.4 Å². The Morgan fingerprint density at radius 2 is 2.12 bits per heavy atom. The summed E-state index contributed by atoms with van der Waals surface area (Å²) in [6.45, 7) is 3.55. The molecule has 134 valence electrons. The lowest BCUT2D eigenvalue weighted by atomic mass is 10.0. The molecule has 1 unspecified atom stereocenters.